The van der Waals surface area contributed by atoms with Crippen LogP contribution in [0.1, 0.15) is 26.0 Å². The molecule has 1 aromatic heterocycles. The van der Waals surface area contributed by atoms with E-state index in [1.54, 1.807) is 13.8 Å². The van der Waals surface area contributed by atoms with Gasteiger partial charge in [0.05, 0.1) is 0 Å². The molecule has 0 fully saturated rings. The molecule has 1 heterocycles. The summed E-state index contributed by atoms with van der Waals surface area (Å²) >= 11 is 0. The molecule has 1 amide bonds. The fourth-order valence-electron chi connectivity index (χ4n) is 1.65. The number of hydrogen-bond acceptors (Lipinski definition) is 3. The third kappa shape index (κ3) is 4.76. The summed E-state index contributed by atoms with van der Waals surface area (Å²) in [7, 11) is 0. The molecule has 0 bridgehead atoms. The maximum atomic E-state index is 12.4. The zero-order valence-electron chi connectivity index (χ0n) is 11.5. The van der Waals surface area contributed by atoms with Gasteiger partial charge in [-0.15, -0.1) is 0 Å². The molecule has 1 unspecified atom stereocenters. The van der Waals surface area contributed by atoms with E-state index in [2.05, 4.69) is 10.4 Å². The van der Waals surface area contributed by atoms with Crippen LogP contribution in [0.3, 0.4) is 0 Å². The number of hydrogen-bond donors (Lipinski definition) is 2. The van der Waals surface area contributed by atoms with Crippen molar-refractivity contribution < 1.29 is 27.9 Å². The number of aromatic nitrogens is 2. The number of nitrogens with one attached hydrogen (secondary N) is 1. The van der Waals surface area contributed by atoms with Crippen LogP contribution in [-0.2, 0) is 22.3 Å². The molecule has 0 aliphatic heterocycles. The van der Waals surface area contributed by atoms with Crippen LogP contribution < -0.4 is 5.32 Å². The van der Waals surface area contributed by atoms with Crippen molar-refractivity contribution >= 4 is 11.9 Å². The Morgan fingerprint density at radius 3 is 2.52 bits per heavy atom. The Bertz CT molecular complexity index is 513. The Morgan fingerprint density at radius 1 is 1.48 bits per heavy atom. The third-order valence-corrected chi connectivity index (χ3v) is 3.03. The van der Waals surface area contributed by atoms with Crippen molar-refractivity contribution in [2.45, 2.75) is 39.0 Å². The predicted octanol–water partition coefficient (Wildman–Crippen LogP) is 1.52. The normalized spacial score (nSPS) is 14.5. The molecule has 0 saturated carbocycles. The summed E-state index contributed by atoms with van der Waals surface area (Å²) in [5.74, 6) is -2.19. The van der Waals surface area contributed by atoms with E-state index in [1.165, 1.54) is 0 Å². The largest absolute Gasteiger partial charge is 0.480 e. The van der Waals surface area contributed by atoms with Gasteiger partial charge in [-0.25, -0.2) is 4.79 Å². The molecule has 118 valence electrons. The predicted molar refractivity (Wildman–Crippen MR) is 66.3 cm³/mol. The fourth-order valence-corrected chi connectivity index (χ4v) is 1.65. The van der Waals surface area contributed by atoms with E-state index in [-0.39, 0.29) is 5.92 Å². The monoisotopic (exact) mass is 307 g/mol. The van der Waals surface area contributed by atoms with E-state index < -0.39 is 36.3 Å². The lowest BCUT2D eigenvalue weighted by atomic mass is 9.99. The first-order valence-corrected chi connectivity index (χ1v) is 6.28. The molecule has 0 aromatic carbocycles. The number of alkyl halides is 3. The number of nitrogens with zero attached hydrogens (tertiary/aromatic N) is 2. The van der Waals surface area contributed by atoms with Crippen LogP contribution in [0.4, 0.5) is 13.2 Å². The first-order chi connectivity index (χ1) is 9.65. The third-order valence-electron chi connectivity index (χ3n) is 3.03. The summed E-state index contributed by atoms with van der Waals surface area (Å²) in [6, 6.07) is -0.337. The highest BCUT2D eigenvalue weighted by atomic mass is 19.4. The molecule has 21 heavy (non-hydrogen) atoms. The van der Waals surface area contributed by atoms with E-state index in [0.717, 1.165) is 16.9 Å². The topological polar surface area (TPSA) is 84.2 Å². The SMILES string of the molecule is CCC(C)[C@H](NC(=O)Cn1ccc(C(F)(F)F)n1)C(=O)O. The van der Waals surface area contributed by atoms with Crippen molar-refractivity contribution in [2.24, 2.45) is 5.92 Å². The fraction of sp³-hybridized carbons (Fsp3) is 0.583. The highest BCUT2D eigenvalue weighted by Gasteiger charge is 2.33. The lowest BCUT2D eigenvalue weighted by Crippen LogP contribution is -2.46. The van der Waals surface area contributed by atoms with Gasteiger partial charge in [0, 0.05) is 6.20 Å². The van der Waals surface area contributed by atoms with Gasteiger partial charge < -0.3 is 10.4 Å². The maximum Gasteiger partial charge on any atom is 0.435 e. The summed E-state index contributed by atoms with van der Waals surface area (Å²) in [5, 5.41) is 14.5. The van der Waals surface area contributed by atoms with Crippen LogP contribution in [0.25, 0.3) is 0 Å². The maximum absolute atomic E-state index is 12.4. The number of aliphatic carboxylic acids is 1. The van der Waals surface area contributed by atoms with Crippen LogP contribution in [-0.4, -0.2) is 32.8 Å². The average molecular weight is 307 g/mol. The van der Waals surface area contributed by atoms with E-state index in [4.69, 9.17) is 5.11 Å². The zero-order chi connectivity index (χ0) is 16.2. The molecule has 9 heteroatoms. The molecule has 1 aromatic rings. The van der Waals surface area contributed by atoms with Crippen molar-refractivity contribution in [1.82, 2.24) is 15.1 Å². The van der Waals surface area contributed by atoms with E-state index >= 15 is 0 Å². The number of carboxylic acids is 1. The minimum atomic E-state index is -4.58. The number of carboxylic acid groups (broad SMARTS) is 1. The van der Waals surface area contributed by atoms with Crippen molar-refractivity contribution in [3.8, 4) is 0 Å². The molecule has 0 aliphatic rings. The van der Waals surface area contributed by atoms with Crippen molar-refractivity contribution in [3.05, 3.63) is 18.0 Å². The number of carbonyl (C=O) groups excluding carboxylic acids is 1. The highest BCUT2D eigenvalue weighted by molar-refractivity contribution is 5.83. The average Bonchev–Trinajstić information content (AvgIpc) is 2.83. The first-order valence-electron chi connectivity index (χ1n) is 6.28. The first kappa shape index (κ1) is 17.0. The molecule has 0 aliphatic carbocycles. The number of amides is 1. The number of rotatable bonds is 6. The molecule has 2 N–H and O–H groups in total. The van der Waals surface area contributed by atoms with Crippen LogP contribution >= 0.6 is 0 Å². The number of carbonyl (C=O) groups is 2. The van der Waals surface area contributed by atoms with Gasteiger partial charge in [-0.2, -0.15) is 18.3 Å². The minimum absolute atomic E-state index is 0.296. The summed E-state index contributed by atoms with van der Waals surface area (Å²) < 4.78 is 37.9. The Labute approximate surface area is 118 Å². The summed E-state index contributed by atoms with van der Waals surface area (Å²) in [4.78, 5) is 22.7. The smallest absolute Gasteiger partial charge is 0.435 e. The van der Waals surface area contributed by atoms with Gasteiger partial charge in [0.2, 0.25) is 5.91 Å². The second kappa shape index (κ2) is 6.59. The van der Waals surface area contributed by atoms with E-state index in [0.29, 0.717) is 6.42 Å². The molecule has 0 radical (unpaired) electrons. The van der Waals surface area contributed by atoms with Gasteiger partial charge in [0.25, 0.3) is 0 Å². The molecule has 2 atom stereocenters. The quantitative estimate of drug-likeness (QED) is 0.834. The van der Waals surface area contributed by atoms with Crippen LogP contribution in [0.15, 0.2) is 12.3 Å². The van der Waals surface area contributed by atoms with Gasteiger partial charge in [-0.1, -0.05) is 20.3 Å². The summed E-state index contributed by atoms with van der Waals surface area (Å²) in [6.07, 6.45) is -3.03. The number of halogens is 3. The van der Waals surface area contributed by atoms with Gasteiger partial charge >= 0.3 is 12.1 Å². The lowest BCUT2D eigenvalue weighted by Gasteiger charge is -2.20. The Morgan fingerprint density at radius 2 is 2.10 bits per heavy atom. The molecule has 6 nitrogen and oxygen atoms in total. The standard InChI is InChI=1S/C12H16F3N3O3/c1-3-7(2)10(11(20)21)16-9(19)6-18-5-4-8(17-18)12(13,14)15/h4-5,7,10H,3,6H2,1-2H3,(H,16,19)(H,20,21)/t7?,10-/m0/s1. The van der Waals surface area contributed by atoms with Gasteiger partial charge in [0.1, 0.15) is 12.6 Å². The Kier molecular flexibility index (Phi) is 5.34. The van der Waals surface area contributed by atoms with E-state index in [1.807, 2.05) is 0 Å². The van der Waals surface area contributed by atoms with Crippen molar-refractivity contribution in [1.29, 1.82) is 0 Å². The molecule has 1 rings (SSSR count). The molecular formula is C12H16F3N3O3. The second-order valence-corrected chi connectivity index (χ2v) is 4.67. The van der Waals surface area contributed by atoms with Gasteiger partial charge in [0.15, 0.2) is 5.69 Å². The van der Waals surface area contributed by atoms with Crippen LogP contribution in [0.5, 0.6) is 0 Å². The molecule has 0 saturated heterocycles. The zero-order valence-corrected chi connectivity index (χ0v) is 11.5. The highest BCUT2D eigenvalue weighted by Crippen LogP contribution is 2.27. The van der Waals surface area contributed by atoms with Crippen LogP contribution in [0.2, 0.25) is 0 Å². The van der Waals surface area contributed by atoms with Gasteiger partial charge in [-0.05, 0) is 12.0 Å². The molecular weight excluding hydrogens is 291 g/mol. The Hall–Kier alpha value is -2.06. The second-order valence-electron chi connectivity index (χ2n) is 4.67. The van der Waals surface area contributed by atoms with E-state index in [9.17, 15) is 22.8 Å². The van der Waals surface area contributed by atoms with Gasteiger partial charge in [-0.3, -0.25) is 9.48 Å². The summed E-state index contributed by atoms with van der Waals surface area (Å²) in [5.41, 5.74) is -1.10. The molecule has 0 spiro atoms. The minimum Gasteiger partial charge on any atom is -0.480 e. The van der Waals surface area contributed by atoms with Crippen molar-refractivity contribution in [3.63, 3.8) is 0 Å². The van der Waals surface area contributed by atoms with Crippen LogP contribution in [0, 0.1) is 5.92 Å². The van der Waals surface area contributed by atoms with Crippen molar-refractivity contribution in [2.75, 3.05) is 0 Å². The lowest BCUT2D eigenvalue weighted by molar-refractivity contribution is -0.143. The Balaban J connectivity index is 2.68. The summed E-state index contributed by atoms with van der Waals surface area (Å²) in [6.45, 7) is 2.96.